The smallest absolute Gasteiger partial charge is 0.264 e. The summed E-state index contributed by atoms with van der Waals surface area (Å²) < 4.78 is 63.8. The van der Waals surface area contributed by atoms with Crippen LogP contribution in [-0.4, -0.2) is 23.1 Å². The Hall–Kier alpha value is -3.44. The van der Waals surface area contributed by atoms with Gasteiger partial charge in [0.25, 0.3) is 15.9 Å². The van der Waals surface area contributed by atoms with Gasteiger partial charge in [-0.15, -0.1) is 0 Å². The fourth-order valence-corrected chi connectivity index (χ4v) is 5.02. The molecule has 0 saturated heterocycles. The largest absolute Gasteiger partial charge is 0.345 e. The number of halogens is 2. The molecule has 11 heteroatoms. The Morgan fingerprint density at radius 3 is 2.59 bits per heavy atom. The van der Waals surface area contributed by atoms with E-state index in [-0.39, 0.29) is 27.2 Å². The van der Waals surface area contributed by atoms with Gasteiger partial charge in [-0.1, -0.05) is 24.3 Å². The molecular weight excluding hydrogens is 458 g/mol. The maximum Gasteiger partial charge on any atom is 0.264 e. The highest BCUT2D eigenvalue weighted by Crippen LogP contribution is 2.26. The molecule has 0 spiro atoms. The van der Waals surface area contributed by atoms with Crippen molar-refractivity contribution in [2.24, 2.45) is 0 Å². The number of carbonyl (C=O) groups is 1. The van der Waals surface area contributed by atoms with Crippen LogP contribution in [0.15, 0.2) is 65.6 Å². The van der Waals surface area contributed by atoms with Crippen LogP contribution in [0.25, 0.3) is 11.0 Å². The number of hydrogen-bond donors (Lipinski definition) is 2. The third kappa shape index (κ3) is 4.30. The van der Waals surface area contributed by atoms with Crippen molar-refractivity contribution in [2.45, 2.75) is 17.9 Å². The van der Waals surface area contributed by atoms with Crippen LogP contribution < -0.4 is 10.0 Å². The molecule has 0 bridgehead atoms. The maximum atomic E-state index is 14.1. The Kier molecular flexibility index (Phi) is 5.85. The summed E-state index contributed by atoms with van der Waals surface area (Å²) >= 11 is 0.894. The van der Waals surface area contributed by atoms with Gasteiger partial charge < -0.3 is 5.32 Å². The zero-order valence-corrected chi connectivity index (χ0v) is 18.2. The molecule has 4 rings (SSSR count). The summed E-state index contributed by atoms with van der Waals surface area (Å²) in [6.07, 6.45) is 0. The van der Waals surface area contributed by atoms with Crippen LogP contribution >= 0.6 is 11.7 Å². The van der Waals surface area contributed by atoms with Crippen LogP contribution in [0.5, 0.6) is 0 Å². The van der Waals surface area contributed by atoms with E-state index in [0.717, 1.165) is 23.9 Å². The number of benzene rings is 3. The van der Waals surface area contributed by atoms with E-state index in [4.69, 9.17) is 0 Å². The molecule has 1 atom stereocenters. The van der Waals surface area contributed by atoms with E-state index in [1.807, 2.05) is 0 Å². The molecule has 1 amide bonds. The highest BCUT2D eigenvalue weighted by molar-refractivity contribution is 7.93. The van der Waals surface area contributed by atoms with Crippen molar-refractivity contribution in [3.63, 3.8) is 0 Å². The first-order valence-electron chi connectivity index (χ1n) is 9.35. The van der Waals surface area contributed by atoms with Gasteiger partial charge >= 0.3 is 0 Å². The summed E-state index contributed by atoms with van der Waals surface area (Å²) in [5.74, 6) is -2.15. The number of hydrogen-bond acceptors (Lipinski definition) is 6. The fraction of sp³-hybridized carbons (Fsp3) is 0.0952. The van der Waals surface area contributed by atoms with Crippen LogP contribution in [0.2, 0.25) is 0 Å². The summed E-state index contributed by atoms with van der Waals surface area (Å²) in [5.41, 5.74) is 0.845. The van der Waals surface area contributed by atoms with Crippen LogP contribution in [0.1, 0.15) is 28.9 Å². The number of carbonyl (C=O) groups excluding carboxylic acids is 1. The molecule has 0 aliphatic carbocycles. The minimum Gasteiger partial charge on any atom is -0.345 e. The lowest BCUT2D eigenvalue weighted by Crippen LogP contribution is -2.28. The Bertz CT molecular complexity index is 1420. The predicted molar refractivity (Wildman–Crippen MR) is 117 cm³/mol. The number of anilines is 1. The summed E-state index contributed by atoms with van der Waals surface area (Å²) in [4.78, 5) is 12.8. The highest BCUT2D eigenvalue weighted by Gasteiger charge is 2.23. The average Bonchev–Trinajstić information content (AvgIpc) is 3.22. The normalized spacial score (nSPS) is 12.5. The van der Waals surface area contributed by atoms with Gasteiger partial charge in [-0.05, 0) is 37.3 Å². The minimum atomic E-state index is -4.09. The van der Waals surface area contributed by atoms with Crippen molar-refractivity contribution in [1.82, 2.24) is 14.1 Å². The van der Waals surface area contributed by atoms with Crippen molar-refractivity contribution in [2.75, 3.05) is 4.72 Å². The number of amides is 1. The third-order valence-corrected chi connectivity index (χ3v) is 6.67. The molecule has 4 aromatic rings. The highest BCUT2D eigenvalue weighted by atomic mass is 32.2. The zero-order valence-electron chi connectivity index (χ0n) is 16.5. The first-order valence-corrected chi connectivity index (χ1v) is 11.6. The van der Waals surface area contributed by atoms with Gasteiger partial charge in [0.15, 0.2) is 0 Å². The van der Waals surface area contributed by atoms with Crippen LogP contribution in [-0.2, 0) is 10.0 Å². The number of nitrogens with one attached hydrogen (secondary N) is 2. The quantitative estimate of drug-likeness (QED) is 0.435. The molecule has 0 radical (unpaired) electrons. The van der Waals surface area contributed by atoms with E-state index < -0.39 is 33.6 Å². The Morgan fingerprint density at radius 2 is 1.81 bits per heavy atom. The first-order chi connectivity index (χ1) is 15.3. The van der Waals surface area contributed by atoms with E-state index in [1.54, 1.807) is 24.3 Å². The SMILES string of the molecule is C[C@@H](NC(=O)c1ccccc1NS(=O)(=O)c1cccc2nsnc12)c1ccc(F)cc1F. The van der Waals surface area contributed by atoms with Crippen LogP contribution in [0, 0.1) is 11.6 Å². The molecule has 32 heavy (non-hydrogen) atoms. The number of sulfonamides is 1. The van der Waals surface area contributed by atoms with E-state index in [2.05, 4.69) is 18.8 Å². The van der Waals surface area contributed by atoms with E-state index in [9.17, 15) is 22.0 Å². The standard InChI is InChI=1S/C21H16F2N4O3S2/c1-12(14-10-9-13(22)11-16(14)23)24-21(28)15-5-2-3-6-17(15)27-32(29,30)19-8-4-7-18-20(19)26-31-25-18/h2-12,27H,1H3,(H,24,28)/t12-/m1/s1. The van der Waals surface area contributed by atoms with Crippen molar-refractivity contribution in [1.29, 1.82) is 0 Å². The fourth-order valence-electron chi connectivity index (χ4n) is 3.17. The molecule has 2 N–H and O–H groups in total. The minimum absolute atomic E-state index is 0.0361. The lowest BCUT2D eigenvalue weighted by Gasteiger charge is -2.17. The molecule has 0 saturated carbocycles. The van der Waals surface area contributed by atoms with Crippen LogP contribution in [0.3, 0.4) is 0 Å². The molecule has 7 nitrogen and oxygen atoms in total. The molecule has 1 heterocycles. The monoisotopic (exact) mass is 474 g/mol. The van der Waals surface area contributed by atoms with Crippen molar-refractivity contribution in [3.8, 4) is 0 Å². The number of aromatic nitrogens is 2. The molecule has 0 aliphatic heterocycles. The van der Waals surface area contributed by atoms with Gasteiger partial charge in [-0.3, -0.25) is 9.52 Å². The molecule has 0 unspecified atom stereocenters. The number of para-hydroxylation sites is 1. The van der Waals surface area contributed by atoms with Gasteiger partial charge in [0.05, 0.1) is 29.0 Å². The number of fused-ring (bicyclic) bond motifs is 1. The zero-order chi connectivity index (χ0) is 22.9. The van der Waals surface area contributed by atoms with Gasteiger partial charge in [0.1, 0.15) is 27.6 Å². The third-order valence-electron chi connectivity index (χ3n) is 4.73. The second-order valence-electron chi connectivity index (χ2n) is 6.90. The van der Waals surface area contributed by atoms with Crippen molar-refractivity contribution >= 4 is 44.4 Å². The van der Waals surface area contributed by atoms with Gasteiger partial charge in [-0.25, -0.2) is 17.2 Å². The Balaban J connectivity index is 1.61. The second-order valence-corrected chi connectivity index (χ2v) is 9.08. The van der Waals surface area contributed by atoms with Crippen molar-refractivity contribution in [3.05, 3.63) is 83.4 Å². The van der Waals surface area contributed by atoms with E-state index >= 15 is 0 Å². The summed E-state index contributed by atoms with van der Waals surface area (Å²) in [6, 6.07) is 12.9. The molecular formula is C21H16F2N4O3S2. The van der Waals surface area contributed by atoms with E-state index in [1.165, 1.54) is 31.2 Å². The molecule has 1 aromatic heterocycles. The lowest BCUT2D eigenvalue weighted by molar-refractivity contribution is 0.0940. The second kappa shape index (κ2) is 8.60. The summed E-state index contributed by atoms with van der Waals surface area (Å²) in [7, 11) is -4.09. The molecule has 0 fully saturated rings. The van der Waals surface area contributed by atoms with E-state index in [0.29, 0.717) is 5.52 Å². The Morgan fingerprint density at radius 1 is 1.03 bits per heavy atom. The Labute approximate surface area is 186 Å². The van der Waals surface area contributed by atoms with Gasteiger partial charge in [0.2, 0.25) is 0 Å². The average molecular weight is 475 g/mol. The first kappa shape index (κ1) is 21.8. The maximum absolute atomic E-state index is 14.1. The molecule has 0 aliphatic rings. The van der Waals surface area contributed by atoms with Gasteiger partial charge in [-0.2, -0.15) is 8.75 Å². The topological polar surface area (TPSA) is 101 Å². The number of nitrogens with zero attached hydrogens (tertiary/aromatic N) is 2. The summed E-state index contributed by atoms with van der Waals surface area (Å²) in [6.45, 7) is 1.54. The van der Waals surface area contributed by atoms with Crippen LogP contribution in [0.4, 0.5) is 14.5 Å². The van der Waals surface area contributed by atoms with Crippen molar-refractivity contribution < 1.29 is 22.0 Å². The molecule has 164 valence electrons. The predicted octanol–water partition coefficient (Wildman–Crippen LogP) is 4.26. The van der Waals surface area contributed by atoms with Gasteiger partial charge in [0, 0.05) is 11.6 Å². The lowest BCUT2D eigenvalue weighted by atomic mass is 10.1. The molecule has 3 aromatic carbocycles. The number of rotatable bonds is 6. The summed E-state index contributed by atoms with van der Waals surface area (Å²) in [5, 5.41) is 2.61.